The van der Waals surface area contributed by atoms with E-state index >= 15 is 0 Å². The van der Waals surface area contributed by atoms with Crippen molar-refractivity contribution in [3.05, 3.63) is 50.9 Å². The number of carbonyl (C=O) groups excluding carboxylic acids is 2. The van der Waals surface area contributed by atoms with Gasteiger partial charge in [0.15, 0.2) is 0 Å². The number of carbonyl (C=O) groups is 2. The molecule has 31 heavy (non-hydrogen) atoms. The van der Waals surface area contributed by atoms with E-state index in [9.17, 15) is 9.59 Å². The summed E-state index contributed by atoms with van der Waals surface area (Å²) in [5.41, 5.74) is 2.74. The van der Waals surface area contributed by atoms with Crippen molar-refractivity contribution < 1.29 is 14.3 Å². The highest BCUT2D eigenvalue weighted by Crippen LogP contribution is 2.39. The molecular formula is C24H29ClN2O3S. The zero-order valence-corrected chi connectivity index (χ0v) is 19.5. The third-order valence-electron chi connectivity index (χ3n) is 6.12. The fourth-order valence-corrected chi connectivity index (χ4v) is 6.04. The van der Waals surface area contributed by atoms with Gasteiger partial charge in [0.05, 0.1) is 18.1 Å². The van der Waals surface area contributed by atoms with Crippen LogP contribution in [0.4, 0.5) is 5.00 Å². The number of hydrogen-bond donors (Lipinski definition) is 1. The average Bonchev–Trinajstić information content (AvgIpc) is 3.13. The number of ether oxygens (including phenoxy) is 1. The molecule has 5 nitrogen and oxygen atoms in total. The van der Waals surface area contributed by atoms with Crippen LogP contribution in [0.2, 0.25) is 5.02 Å². The topological polar surface area (TPSA) is 58.6 Å². The number of benzene rings is 1. The van der Waals surface area contributed by atoms with Crippen LogP contribution in [0.15, 0.2) is 24.3 Å². The molecule has 1 aromatic heterocycles. The van der Waals surface area contributed by atoms with E-state index in [4.69, 9.17) is 16.3 Å². The molecule has 0 spiro atoms. The molecule has 1 atom stereocenters. The molecule has 2 heterocycles. The Hall–Kier alpha value is -1.89. The van der Waals surface area contributed by atoms with Crippen LogP contribution in [0.1, 0.15) is 59.0 Å². The summed E-state index contributed by atoms with van der Waals surface area (Å²) in [6, 6.07) is 7.86. The first-order chi connectivity index (χ1) is 15.1. The lowest BCUT2D eigenvalue weighted by Crippen LogP contribution is -2.40. The van der Waals surface area contributed by atoms with Crippen LogP contribution in [0.3, 0.4) is 0 Å². The van der Waals surface area contributed by atoms with Gasteiger partial charge < -0.3 is 10.1 Å². The molecule has 166 valence electrons. The lowest BCUT2D eigenvalue weighted by molar-refractivity contribution is -0.121. The van der Waals surface area contributed by atoms with E-state index in [1.165, 1.54) is 4.88 Å². The second-order valence-electron chi connectivity index (χ2n) is 8.29. The van der Waals surface area contributed by atoms with Crippen molar-refractivity contribution in [3.8, 4) is 0 Å². The van der Waals surface area contributed by atoms with E-state index in [2.05, 4.69) is 10.2 Å². The first-order valence-corrected chi connectivity index (χ1v) is 12.3. The largest absolute Gasteiger partial charge is 0.462 e. The highest BCUT2D eigenvalue weighted by molar-refractivity contribution is 7.17. The number of esters is 1. The molecule has 0 radical (unpaired) electrons. The molecule has 2 aliphatic rings. The van der Waals surface area contributed by atoms with Crippen molar-refractivity contribution in [1.82, 2.24) is 4.90 Å². The molecule has 1 aromatic carbocycles. The number of rotatable bonds is 6. The monoisotopic (exact) mass is 460 g/mol. The van der Waals surface area contributed by atoms with Crippen LogP contribution >= 0.6 is 22.9 Å². The number of piperidine rings is 1. The lowest BCUT2D eigenvalue weighted by Gasteiger charge is -2.32. The fourth-order valence-electron chi connectivity index (χ4n) is 4.57. The predicted octanol–water partition coefficient (Wildman–Crippen LogP) is 5.31. The molecule has 1 aliphatic heterocycles. The van der Waals surface area contributed by atoms with Gasteiger partial charge in [0.25, 0.3) is 0 Å². The van der Waals surface area contributed by atoms with E-state index in [1.807, 2.05) is 31.2 Å². The summed E-state index contributed by atoms with van der Waals surface area (Å²) >= 11 is 7.87. The lowest BCUT2D eigenvalue weighted by atomic mass is 9.95. The number of nitrogens with one attached hydrogen (secondary N) is 1. The van der Waals surface area contributed by atoms with E-state index < -0.39 is 0 Å². The number of aryl methyl sites for hydroxylation is 1. The smallest absolute Gasteiger partial charge is 0.341 e. The predicted molar refractivity (Wildman–Crippen MR) is 125 cm³/mol. The van der Waals surface area contributed by atoms with Gasteiger partial charge >= 0.3 is 5.97 Å². The summed E-state index contributed by atoms with van der Waals surface area (Å²) < 4.78 is 5.31. The molecular weight excluding hydrogens is 432 g/mol. The first kappa shape index (κ1) is 22.3. The zero-order valence-electron chi connectivity index (χ0n) is 17.9. The molecule has 2 aromatic rings. The molecule has 4 rings (SSSR count). The van der Waals surface area contributed by atoms with Gasteiger partial charge in [0, 0.05) is 23.0 Å². The van der Waals surface area contributed by atoms with Crippen LogP contribution in [0.5, 0.6) is 0 Å². The maximum absolute atomic E-state index is 13.2. The molecule has 1 N–H and O–H groups in total. The molecule has 1 saturated heterocycles. The van der Waals surface area contributed by atoms with Crippen molar-refractivity contribution >= 4 is 39.8 Å². The number of nitrogens with zero attached hydrogens (tertiary/aromatic N) is 1. The highest BCUT2D eigenvalue weighted by Gasteiger charge is 2.30. The number of hydrogen-bond acceptors (Lipinski definition) is 5. The van der Waals surface area contributed by atoms with E-state index in [0.717, 1.165) is 67.8 Å². The number of thiophene rings is 1. The second kappa shape index (κ2) is 10.2. The third kappa shape index (κ3) is 5.13. The van der Waals surface area contributed by atoms with Gasteiger partial charge in [-0.25, -0.2) is 4.79 Å². The summed E-state index contributed by atoms with van der Waals surface area (Å²) in [4.78, 5) is 29.3. The molecule has 0 bridgehead atoms. The van der Waals surface area contributed by atoms with Gasteiger partial charge in [-0.1, -0.05) is 29.8 Å². The fraction of sp³-hybridized carbons (Fsp3) is 0.500. The van der Waals surface area contributed by atoms with E-state index in [1.54, 1.807) is 11.3 Å². The molecule has 7 heteroatoms. The average molecular weight is 461 g/mol. The Balaban J connectivity index is 1.47. The van der Waals surface area contributed by atoms with Gasteiger partial charge in [-0.05, 0) is 69.2 Å². The second-order valence-corrected chi connectivity index (χ2v) is 9.80. The van der Waals surface area contributed by atoms with Gasteiger partial charge in [0.2, 0.25) is 5.91 Å². The van der Waals surface area contributed by atoms with Crippen molar-refractivity contribution in [2.24, 2.45) is 5.92 Å². The van der Waals surface area contributed by atoms with E-state index in [0.29, 0.717) is 23.7 Å². The summed E-state index contributed by atoms with van der Waals surface area (Å²) in [6.45, 7) is 4.53. The van der Waals surface area contributed by atoms with Crippen molar-refractivity contribution in [2.75, 3.05) is 25.0 Å². The van der Waals surface area contributed by atoms with Crippen molar-refractivity contribution in [1.29, 1.82) is 0 Å². The van der Waals surface area contributed by atoms with Crippen LogP contribution in [-0.2, 0) is 28.9 Å². The van der Waals surface area contributed by atoms with Crippen molar-refractivity contribution in [3.63, 3.8) is 0 Å². The number of likely N-dealkylation sites (tertiary alicyclic amines) is 1. The molecule has 1 fully saturated rings. The zero-order chi connectivity index (χ0) is 21.8. The summed E-state index contributed by atoms with van der Waals surface area (Å²) in [5, 5.41) is 4.53. The third-order valence-corrected chi connectivity index (χ3v) is 7.69. The number of anilines is 1. The minimum atomic E-state index is -0.318. The first-order valence-electron chi connectivity index (χ1n) is 11.1. The van der Waals surface area contributed by atoms with Crippen LogP contribution in [-0.4, -0.2) is 36.5 Å². The quantitative estimate of drug-likeness (QED) is 0.593. The molecule has 1 aliphatic carbocycles. The normalized spacial score (nSPS) is 19.0. The van der Waals surface area contributed by atoms with E-state index in [-0.39, 0.29) is 17.8 Å². The summed E-state index contributed by atoms with van der Waals surface area (Å²) in [6.07, 6.45) is 5.87. The summed E-state index contributed by atoms with van der Waals surface area (Å²) in [7, 11) is 0. The Kier molecular flexibility index (Phi) is 7.31. The van der Waals surface area contributed by atoms with Crippen LogP contribution < -0.4 is 5.32 Å². The number of halogens is 1. The van der Waals surface area contributed by atoms with Gasteiger partial charge in [0.1, 0.15) is 5.00 Å². The molecule has 1 unspecified atom stereocenters. The van der Waals surface area contributed by atoms with Crippen LogP contribution in [0, 0.1) is 5.92 Å². The SMILES string of the molecule is CCOC(=O)c1c(NC(=O)C2CCCN(Cc3ccccc3Cl)C2)sc2c1CCCC2. The Morgan fingerprint density at radius 3 is 2.84 bits per heavy atom. The molecule has 0 saturated carbocycles. The minimum Gasteiger partial charge on any atom is -0.462 e. The van der Waals surface area contributed by atoms with Gasteiger partial charge in [-0.2, -0.15) is 0 Å². The maximum Gasteiger partial charge on any atom is 0.341 e. The standard InChI is InChI=1S/C24H29ClN2O3S/c1-2-30-24(29)21-18-10-4-6-12-20(18)31-23(21)26-22(28)17-9-7-13-27(15-17)14-16-8-3-5-11-19(16)25/h3,5,8,11,17H,2,4,6-7,9-10,12-15H2,1H3,(H,26,28). The Morgan fingerprint density at radius 2 is 2.03 bits per heavy atom. The molecule has 1 amide bonds. The van der Waals surface area contributed by atoms with Gasteiger partial charge in [-0.3, -0.25) is 9.69 Å². The summed E-state index contributed by atoms with van der Waals surface area (Å²) in [5.74, 6) is -0.431. The van der Waals surface area contributed by atoms with Crippen molar-refractivity contribution in [2.45, 2.75) is 52.0 Å². The Morgan fingerprint density at radius 1 is 1.23 bits per heavy atom. The van der Waals surface area contributed by atoms with Gasteiger partial charge in [-0.15, -0.1) is 11.3 Å². The highest BCUT2D eigenvalue weighted by atomic mass is 35.5. The Labute approximate surface area is 192 Å². The number of amides is 1. The number of fused-ring (bicyclic) bond motifs is 1. The minimum absolute atomic E-state index is 0.00648. The maximum atomic E-state index is 13.2. The van der Waals surface area contributed by atoms with Crippen LogP contribution in [0.25, 0.3) is 0 Å². The Bertz CT molecular complexity index is 958.